The van der Waals surface area contributed by atoms with Crippen LogP contribution in [-0.4, -0.2) is 10.1 Å². The first-order valence-corrected chi connectivity index (χ1v) is 6.09. The average Bonchev–Trinajstić information content (AvgIpc) is 2.33. The van der Waals surface area contributed by atoms with Crippen LogP contribution >= 0.6 is 15.9 Å². The van der Waals surface area contributed by atoms with E-state index in [1.54, 1.807) is 25.1 Å². The van der Waals surface area contributed by atoms with Crippen LogP contribution in [0.2, 0.25) is 0 Å². The molecule has 0 aliphatic heterocycles. The summed E-state index contributed by atoms with van der Waals surface area (Å²) in [6.07, 6.45) is 0. The van der Waals surface area contributed by atoms with Gasteiger partial charge in [0.1, 0.15) is 11.6 Å². The summed E-state index contributed by atoms with van der Waals surface area (Å²) in [6.45, 7) is 1.71. The summed E-state index contributed by atoms with van der Waals surface area (Å²) in [5, 5.41) is 9.10. The Labute approximate surface area is 112 Å². The molecule has 0 radical (unpaired) electrons. The van der Waals surface area contributed by atoms with Gasteiger partial charge < -0.3 is 9.84 Å². The quantitative estimate of drug-likeness (QED) is 0.942. The molecule has 18 heavy (non-hydrogen) atoms. The molecule has 0 unspecified atom stereocenters. The van der Waals surface area contributed by atoms with Crippen LogP contribution in [-0.2, 0) is 6.61 Å². The number of ether oxygens (including phenoxy) is 1. The van der Waals surface area contributed by atoms with Gasteiger partial charge in [0.05, 0.1) is 11.1 Å². The van der Waals surface area contributed by atoms with Crippen molar-refractivity contribution in [2.45, 2.75) is 13.5 Å². The number of aromatic nitrogens is 1. The summed E-state index contributed by atoms with van der Waals surface area (Å²) < 4.78 is 19.3. The van der Waals surface area contributed by atoms with Crippen molar-refractivity contribution in [3.8, 4) is 11.6 Å². The lowest BCUT2D eigenvalue weighted by atomic mass is 10.2. The monoisotopic (exact) mass is 311 g/mol. The molecule has 0 atom stereocenters. The Morgan fingerprint density at radius 1 is 1.33 bits per heavy atom. The van der Waals surface area contributed by atoms with E-state index in [9.17, 15) is 4.39 Å². The topological polar surface area (TPSA) is 42.4 Å². The Morgan fingerprint density at radius 2 is 2.11 bits per heavy atom. The van der Waals surface area contributed by atoms with Crippen LogP contribution in [0.4, 0.5) is 4.39 Å². The van der Waals surface area contributed by atoms with Gasteiger partial charge in [-0.2, -0.15) is 0 Å². The number of hydrogen-bond acceptors (Lipinski definition) is 3. The Balaban J connectivity index is 2.33. The van der Waals surface area contributed by atoms with Gasteiger partial charge in [0.25, 0.3) is 0 Å². The second-order valence-corrected chi connectivity index (χ2v) is 4.64. The summed E-state index contributed by atoms with van der Waals surface area (Å²) in [4.78, 5) is 4.17. The van der Waals surface area contributed by atoms with E-state index in [1.165, 1.54) is 12.1 Å². The first kappa shape index (κ1) is 13.0. The lowest BCUT2D eigenvalue weighted by molar-refractivity contribution is 0.281. The first-order valence-electron chi connectivity index (χ1n) is 5.30. The minimum Gasteiger partial charge on any atom is -0.438 e. The predicted molar refractivity (Wildman–Crippen MR) is 69.1 cm³/mol. The van der Waals surface area contributed by atoms with Crippen LogP contribution < -0.4 is 4.74 Å². The van der Waals surface area contributed by atoms with E-state index in [0.29, 0.717) is 21.7 Å². The highest BCUT2D eigenvalue weighted by molar-refractivity contribution is 9.10. The van der Waals surface area contributed by atoms with E-state index in [0.717, 1.165) is 5.69 Å². The van der Waals surface area contributed by atoms with Crippen molar-refractivity contribution in [3.05, 3.63) is 51.9 Å². The van der Waals surface area contributed by atoms with E-state index in [4.69, 9.17) is 9.84 Å². The number of aliphatic hydroxyl groups is 1. The van der Waals surface area contributed by atoms with Crippen molar-refractivity contribution >= 4 is 15.9 Å². The van der Waals surface area contributed by atoms with Crippen LogP contribution in [0.25, 0.3) is 0 Å². The van der Waals surface area contributed by atoms with Gasteiger partial charge in [0, 0.05) is 17.8 Å². The van der Waals surface area contributed by atoms with Crippen molar-refractivity contribution in [2.24, 2.45) is 0 Å². The van der Waals surface area contributed by atoms with Gasteiger partial charge in [-0.25, -0.2) is 9.37 Å². The maximum Gasteiger partial charge on any atom is 0.219 e. The molecule has 94 valence electrons. The van der Waals surface area contributed by atoms with Crippen LogP contribution in [0.15, 0.2) is 34.8 Å². The maximum absolute atomic E-state index is 13.1. The smallest absolute Gasteiger partial charge is 0.219 e. The Bertz CT molecular complexity index is 575. The molecule has 0 saturated carbocycles. The SMILES string of the molecule is Cc1cc(CO)cc(Oc2cc(F)ccc2Br)n1. The summed E-state index contributed by atoms with van der Waals surface area (Å²) in [5.41, 5.74) is 1.43. The number of rotatable bonds is 3. The molecule has 1 aromatic carbocycles. The molecule has 3 nitrogen and oxygen atoms in total. The molecule has 2 rings (SSSR count). The third-order valence-electron chi connectivity index (χ3n) is 2.28. The highest BCUT2D eigenvalue weighted by atomic mass is 79.9. The molecule has 0 spiro atoms. The van der Waals surface area contributed by atoms with Gasteiger partial charge in [0.2, 0.25) is 5.88 Å². The fourth-order valence-electron chi connectivity index (χ4n) is 1.52. The number of hydrogen-bond donors (Lipinski definition) is 1. The number of halogens is 2. The third kappa shape index (κ3) is 3.05. The Hall–Kier alpha value is -1.46. The van der Waals surface area contributed by atoms with Gasteiger partial charge in [-0.3, -0.25) is 0 Å². The highest BCUT2D eigenvalue weighted by Crippen LogP contribution is 2.29. The largest absolute Gasteiger partial charge is 0.438 e. The van der Waals surface area contributed by atoms with Crippen molar-refractivity contribution < 1.29 is 14.2 Å². The standard InChI is InChI=1S/C13H11BrFNO2/c1-8-4-9(7-17)5-13(16-8)18-12-6-10(15)2-3-11(12)14/h2-6,17H,7H2,1H3. The molecule has 0 aliphatic rings. The third-order valence-corrected chi connectivity index (χ3v) is 2.94. The van der Waals surface area contributed by atoms with E-state index in [1.807, 2.05) is 0 Å². The molecule has 1 heterocycles. The van der Waals surface area contributed by atoms with Crippen molar-refractivity contribution in [2.75, 3.05) is 0 Å². The van der Waals surface area contributed by atoms with E-state index in [-0.39, 0.29) is 12.4 Å². The molecular weight excluding hydrogens is 301 g/mol. The maximum atomic E-state index is 13.1. The highest BCUT2D eigenvalue weighted by Gasteiger charge is 2.07. The zero-order valence-corrected chi connectivity index (χ0v) is 11.2. The van der Waals surface area contributed by atoms with Gasteiger partial charge in [-0.1, -0.05) is 0 Å². The Morgan fingerprint density at radius 3 is 2.83 bits per heavy atom. The second kappa shape index (κ2) is 5.46. The zero-order valence-electron chi connectivity index (χ0n) is 9.65. The molecule has 1 aromatic heterocycles. The van der Waals surface area contributed by atoms with Crippen LogP contribution in [0.5, 0.6) is 11.6 Å². The predicted octanol–water partition coefficient (Wildman–Crippen LogP) is 3.58. The Kier molecular flexibility index (Phi) is 3.93. The fourth-order valence-corrected chi connectivity index (χ4v) is 1.85. The van der Waals surface area contributed by atoms with E-state index in [2.05, 4.69) is 20.9 Å². The first-order chi connectivity index (χ1) is 8.58. The van der Waals surface area contributed by atoms with Crippen LogP contribution in [0, 0.1) is 12.7 Å². The van der Waals surface area contributed by atoms with Crippen molar-refractivity contribution in [1.29, 1.82) is 0 Å². The molecular formula is C13H11BrFNO2. The lowest BCUT2D eigenvalue weighted by Crippen LogP contribution is -1.94. The molecule has 0 bridgehead atoms. The molecule has 5 heteroatoms. The number of aliphatic hydroxyl groups excluding tert-OH is 1. The molecule has 0 amide bonds. The van der Waals surface area contributed by atoms with E-state index < -0.39 is 0 Å². The summed E-state index contributed by atoms with van der Waals surface area (Å²) in [6, 6.07) is 7.54. The van der Waals surface area contributed by atoms with Gasteiger partial charge in [-0.05, 0) is 46.6 Å². The molecule has 1 N–H and O–H groups in total. The second-order valence-electron chi connectivity index (χ2n) is 3.79. The van der Waals surface area contributed by atoms with Crippen LogP contribution in [0.1, 0.15) is 11.3 Å². The number of benzene rings is 1. The molecule has 2 aromatic rings. The zero-order chi connectivity index (χ0) is 13.1. The summed E-state index contributed by atoms with van der Waals surface area (Å²) >= 11 is 3.27. The van der Waals surface area contributed by atoms with E-state index >= 15 is 0 Å². The molecule has 0 saturated heterocycles. The summed E-state index contributed by atoms with van der Waals surface area (Å²) in [5.74, 6) is 0.283. The lowest BCUT2D eigenvalue weighted by Gasteiger charge is -2.09. The van der Waals surface area contributed by atoms with Gasteiger partial charge >= 0.3 is 0 Å². The van der Waals surface area contributed by atoms with Gasteiger partial charge in [-0.15, -0.1) is 0 Å². The normalized spacial score (nSPS) is 10.4. The van der Waals surface area contributed by atoms with Crippen molar-refractivity contribution in [3.63, 3.8) is 0 Å². The summed E-state index contributed by atoms with van der Waals surface area (Å²) in [7, 11) is 0. The number of aryl methyl sites for hydroxylation is 1. The van der Waals surface area contributed by atoms with Crippen LogP contribution in [0.3, 0.4) is 0 Å². The fraction of sp³-hybridized carbons (Fsp3) is 0.154. The van der Waals surface area contributed by atoms with Gasteiger partial charge in [0.15, 0.2) is 0 Å². The minimum absolute atomic E-state index is 0.0932. The number of nitrogens with zero attached hydrogens (tertiary/aromatic N) is 1. The average molecular weight is 312 g/mol. The number of pyridine rings is 1. The molecule has 0 fully saturated rings. The van der Waals surface area contributed by atoms with Crippen molar-refractivity contribution in [1.82, 2.24) is 4.98 Å². The molecule has 0 aliphatic carbocycles. The minimum atomic E-state index is -0.386.